The molecule has 1 N–H and O–H groups in total. The average Bonchev–Trinajstić information content (AvgIpc) is 2.80. The highest BCUT2D eigenvalue weighted by molar-refractivity contribution is 9.10. The molecule has 20 heavy (non-hydrogen) atoms. The highest BCUT2D eigenvalue weighted by atomic mass is 79.9. The lowest BCUT2D eigenvalue weighted by Crippen LogP contribution is -2.08. The van der Waals surface area contributed by atoms with Crippen LogP contribution in [-0.4, -0.2) is 25.8 Å². The summed E-state index contributed by atoms with van der Waals surface area (Å²) in [6.45, 7) is 0. The fourth-order valence-corrected chi connectivity index (χ4v) is 2.36. The molecule has 0 aliphatic carbocycles. The van der Waals surface area contributed by atoms with Crippen molar-refractivity contribution in [2.24, 2.45) is 0 Å². The van der Waals surface area contributed by atoms with Gasteiger partial charge in [-0.1, -0.05) is 27.5 Å². The van der Waals surface area contributed by atoms with Crippen LogP contribution < -0.4 is 0 Å². The summed E-state index contributed by atoms with van der Waals surface area (Å²) in [7, 11) is 0. The molecule has 0 spiro atoms. The Labute approximate surface area is 126 Å². The molecule has 0 saturated carbocycles. The minimum atomic E-state index is -1.11. The fourth-order valence-electron chi connectivity index (χ4n) is 1.91. The van der Waals surface area contributed by atoms with Crippen LogP contribution in [0.4, 0.5) is 0 Å². The second kappa shape index (κ2) is 4.88. The first kappa shape index (κ1) is 13.1. The topological polar surface area (TPSA) is 68.0 Å². The summed E-state index contributed by atoms with van der Waals surface area (Å²) in [5, 5.41) is 14.0. The van der Waals surface area contributed by atoms with E-state index in [-0.39, 0.29) is 11.2 Å². The Kier molecular flexibility index (Phi) is 3.19. The summed E-state index contributed by atoms with van der Waals surface area (Å²) in [5.41, 5.74) is 1.26. The number of fused-ring (bicyclic) bond motifs is 1. The van der Waals surface area contributed by atoms with Crippen LogP contribution in [0, 0.1) is 0 Å². The van der Waals surface area contributed by atoms with Crippen molar-refractivity contribution >= 4 is 44.5 Å². The van der Waals surface area contributed by atoms with Crippen molar-refractivity contribution < 1.29 is 9.90 Å². The predicted molar refractivity (Wildman–Crippen MR) is 78.5 cm³/mol. The van der Waals surface area contributed by atoms with E-state index in [0.29, 0.717) is 16.2 Å². The van der Waals surface area contributed by atoms with Crippen LogP contribution >= 0.6 is 27.5 Å². The average molecular weight is 353 g/mol. The van der Waals surface area contributed by atoms with Gasteiger partial charge in [-0.15, -0.1) is 0 Å². The molecule has 3 rings (SSSR count). The van der Waals surface area contributed by atoms with E-state index in [1.54, 1.807) is 18.2 Å². The van der Waals surface area contributed by atoms with E-state index in [1.807, 2.05) is 12.1 Å². The van der Waals surface area contributed by atoms with Gasteiger partial charge in [-0.3, -0.25) is 4.98 Å². The van der Waals surface area contributed by atoms with Gasteiger partial charge in [0, 0.05) is 10.7 Å². The maximum atomic E-state index is 11.5. The number of carboxylic acid groups (broad SMARTS) is 1. The number of carbonyl (C=O) groups is 1. The Morgan fingerprint density at radius 1 is 1.20 bits per heavy atom. The highest BCUT2D eigenvalue weighted by Gasteiger charge is 2.21. The first-order valence-electron chi connectivity index (χ1n) is 5.60. The zero-order valence-corrected chi connectivity index (χ0v) is 12.3. The van der Waals surface area contributed by atoms with Crippen molar-refractivity contribution in [2.75, 3.05) is 0 Å². The molecule has 100 valence electrons. The lowest BCUT2D eigenvalue weighted by atomic mass is 10.3. The normalized spacial score (nSPS) is 10.9. The number of halogens is 2. The zero-order chi connectivity index (χ0) is 14.3. The van der Waals surface area contributed by atoms with Crippen LogP contribution in [0.1, 0.15) is 10.5 Å². The second-order valence-corrected chi connectivity index (χ2v) is 5.35. The number of carboxylic acids is 1. The summed E-state index contributed by atoms with van der Waals surface area (Å²) in [4.78, 5) is 15.6. The molecular formula is C13H7BrClN3O2. The van der Waals surface area contributed by atoms with Crippen molar-refractivity contribution in [2.45, 2.75) is 0 Å². The maximum Gasteiger partial charge on any atom is 0.356 e. The summed E-state index contributed by atoms with van der Waals surface area (Å²) in [6.07, 6.45) is 1.46. The van der Waals surface area contributed by atoms with Gasteiger partial charge in [0.15, 0.2) is 5.69 Å². The summed E-state index contributed by atoms with van der Waals surface area (Å²) in [6, 6.07) is 8.71. The molecule has 5 nitrogen and oxygen atoms in total. The van der Waals surface area contributed by atoms with E-state index >= 15 is 0 Å². The van der Waals surface area contributed by atoms with Crippen LogP contribution in [0.2, 0.25) is 5.02 Å². The summed E-state index contributed by atoms with van der Waals surface area (Å²) in [5.74, 6) is -1.11. The first-order chi connectivity index (χ1) is 9.58. The van der Waals surface area contributed by atoms with Crippen LogP contribution in [0.3, 0.4) is 0 Å². The number of aromatic carboxylic acids is 1. The number of benzene rings is 1. The van der Waals surface area contributed by atoms with E-state index < -0.39 is 5.97 Å². The van der Waals surface area contributed by atoms with Gasteiger partial charge in [-0.2, -0.15) is 5.10 Å². The summed E-state index contributed by atoms with van der Waals surface area (Å²) < 4.78 is 2.23. The largest absolute Gasteiger partial charge is 0.476 e. The van der Waals surface area contributed by atoms with Crippen molar-refractivity contribution in [3.63, 3.8) is 0 Å². The molecule has 1 aromatic carbocycles. The van der Waals surface area contributed by atoms with E-state index in [1.165, 1.54) is 10.9 Å². The second-order valence-electron chi connectivity index (χ2n) is 4.03. The maximum absolute atomic E-state index is 11.5. The van der Waals surface area contributed by atoms with Crippen LogP contribution in [0.25, 0.3) is 16.7 Å². The molecule has 3 aromatic rings. The molecule has 0 atom stereocenters. The Bertz CT molecular complexity index is 814. The van der Waals surface area contributed by atoms with Crippen LogP contribution in [0.5, 0.6) is 0 Å². The van der Waals surface area contributed by atoms with E-state index in [0.717, 1.165) is 4.47 Å². The van der Waals surface area contributed by atoms with Crippen molar-refractivity contribution in [3.8, 4) is 5.69 Å². The molecule has 0 saturated heterocycles. The number of aromatic nitrogens is 3. The van der Waals surface area contributed by atoms with Gasteiger partial charge in [-0.25, -0.2) is 9.48 Å². The Hall–Kier alpha value is -1.92. The standard InChI is InChI=1S/C13H7BrClN3O2/c14-7-1-3-8(4-2-7)18-12(13(19)20)11-10(17-18)9(15)5-6-16-11/h1-6H,(H,19,20). The summed E-state index contributed by atoms with van der Waals surface area (Å²) >= 11 is 9.38. The van der Waals surface area contributed by atoms with Gasteiger partial charge in [0.2, 0.25) is 0 Å². The number of pyridine rings is 1. The van der Waals surface area contributed by atoms with Gasteiger partial charge in [-0.05, 0) is 30.3 Å². The number of hydrogen-bond donors (Lipinski definition) is 1. The lowest BCUT2D eigenvalue weighted by molar-refractivity contribution is 0.0689. The molecule has 0 aliphatic rings. The van der Waals surface area contributed by atoms with Gasteiger partial charge in [0.25, 0.3) is 0 Å². The Balaban J connectivity index is 2.35. The number of nitrogens with zero attached hydrogens (tertiary/aromatic N) is 3. The zero-order valence-electron chi connectivity index (χ0n) is 9.92. The highest BCUT2D eigenvalue weighted by Crippen LogP contribution is 2.26. The monoisotopic (exact) mass is 351 g/mol. The van der Waals surface area contributed by atoms with E-state index in [2.05, 4.69) is 26.0 Å². The third-order valence-corrected chi connectivity index (χ3v) is 3.62. The molecule has 2 aromatic heterocycles. The Morgan fingerprint density at radius 3 is 2.55 bits per heavy atom. The van der Waals surface area contributed by atoms with Gasteiger partial charge in [0.05, 0.1) is 10.7 Å². The molecule has 0 bridgehead atoms. The van der Waals surface area contributed by atoms with Crippen molar-refractivity contribution in [1.29, 1.82) is 0 Å². The van der Waals surface area contributed by atoms with Gasteiger partial charge >= 0.3 is 5.97 Å². The lowest BCUT2D eigenvalue weighted by Gasteiger charge is -2.03. The molecule has 0 unspecified atom stereocenters. The Morgan fingerprint density at radius 2 is 1.90 bits per heavy atom. The number of rotatable bonds is 2. The fraction of sp³-hybridized carbons (Fsp3) is 0. The molecular weight excluding hydrogens is 346 g/mol. The molecule has 0 fully saturated rings. The predicted octanol–water partition coefficient (Wildman–Crippen LogP) is 3.53. The minimum Gasteiger partial charge on any atom is -0.476 e. The van der Waals surface area contributed by atoms with E-state index in [4.69, 9.17) is 11.6 Å². The van der Waals surface area contributed by atoms with E-state index in [9.17, 15) is 9.90 Å². The third-order valence-electron chi connectivity index (χ3n) is 2.78. The smallest absolute Gasteiger partial charge is 0.356 e. The molecule has 0 radical (unpaired) electrons. The number of hydrogen-bond acceptors (Lipinski definition) is 3. The van der Waals surface area contributed by atoms with Crippen LogP contribution in [0.15, 0.2) is 41.0 Å². The molecule has 0 amide bonds. The molecule has 7 heteroatoms. The van der Waals surface area contributed by atoms with Gasteiger partial charge in [0.1, 0.15) is 11.0 Å². The SMILES string of the molecule is O=C(O)c1c2nccc(Cl)c2nn1-c1ccc(Br)cc1. The molecule has 2 heterocycles. The first-order valence-corrected chi connectivity index (χ1v) is 6.77. The quantitative estimate of drug-likeness (QED) is 0.766. The third kappa shape index (κ3) is 2.07. The minimum absolute atomic E-state index is 0.00942. The van der Waals surface area contributed by atoms with Crippen molar-refractivity contribution in [3.05, 3.63) is 51.7 Å². The van der Waals surface area contributed by atoms with Crippen LogP contribution in [-0.2, 0) is 0 Å². The van der Waals surface area contributed by atoms with Crippen molar-refractivity contribution in [1.82, 2.24) is 14.8 Å². The van der Waals surface area contributed by atoms with Gasteiger partial charge < -0.3 is 5.11 Å². The molecule has 0 aliphatic heterocycles.